The number of benzene rings is 1. The summed E-state index contributed by atoms with van der Waals surface area (Å²) in [4.78, 5) is 13.6. The van der Waals surface area contributed by atoms with Crippen molar-refractivity contribution in [1.82, 2.24) is 9.97 Å². The number of β-amino-alcohol motifs (C(OH)–C–C–N with tert-alkyl or cyclic N) is 1. The number of hydrogen-bond acceptors (Lipinski definition) is 6. The van der Waals surface area contributed by atoms with Crippen LogP contribution in [0.5, 0.6) is 0 Å². The zero-order valence-electron chi connectivity index (χ0n) is 15.3. The molecule has 1 aromatic carbocycles. The molecule has 1 unspecified atom stereocenters. The lowest BCUT2D eigenvalue weighted by atomic mass is 10.0. The highest BCUT2D eigenvalue weighted by atomic mass is 16.3. The van der Waals surface area contributed by atoms with Gasteiger partial charge in [-0.1, -0.05) is 12.1 Å². The Hall–Kier alpha value is -2.34. The minimum Gasteiger partial charge on any atom is -0.391 e. The van der Waals surface area contributed by atoms with E-state index >= 15 is 0 Å². The second-order valence-electron chi connectivity index (χ2n) is 7.37. The summed E-state index contributed by atoms with van der Waals surface area (Å²) in [5.41, 5.74) is 2.62. The molecule has 1 atom stereocenters. The lowest BCUT2D eigenvalue weighted by Crippen LogP contribution is -2.39. The summed E-state index contributed by atoms with van der Waals surface area (Å²) < 4.78 is 0. The second-order valence-corrected chi connectivity index (χ2v) is 7.37. The van der Waals surface area contributed by atoms with Crippen LogP contribution < -0.4 is 15.1 Å². The van der Waals surface area contributed by atoms with E-state index in [1.807, 2.05) is 6.07 Å². The monoisotopic (exact) mass is 353 g/mol. The van der Waals surface area contributed by atoms with Gasteiger partial charge in [0.15, 0.2) is 0 Å². The molecule has 3 heterocycles. The molecule has 2 saturated heterocycles. The Kier molecular flexibility index (Phi) is 4.93. The molecule has 26 heavy (non-hydrogen) atoms. The number of nitrogens with zero attached hydrogens (tertiary/aromatic N) is 4. The third-order valence-corrected chi connectivity index (χ3v) is 5.32. The SMILES string of the molecule is Cc1cccc(N2CCC(Nc3nccc(N4CCC(O)C4)n3)CC2)c1. The topological polar surface area (TPSA) is 64.5 Å². The molecule has 2 aromatic rings. The van der Waals surface area contributed by atoms with Gasteiger partial charge in [-0.25, -0.2) is 4.98 Å². The lowest BCUT2D eigenvalue weighted by molar-refractivity contribution is 0.198. The normalized spacial score (nSPS) is 21.2. The minimum atomic E-state index is -0.243. The number of piperidine rings is 1. The predicted octanol–water partition coefficient (Wildman–Crippen LogP) is 2.44. The van der Waals surface area contributed by atoms with Crippen molar-refractivity contribution < 1.29 is 5.11 Å². The van der Waals surface area contributed by atoms with Gasteiger partial charge in [0.05, 0.1) is 6.10 Å². The first-order valence-corrected chi connectivity index (χ1v) is 9.51. The maximum Gasteiger partial charge on any atom is 0.224 e. The summed E-state index contributed by atoms with van der Waals surface area (Å²) >= 11 is 0. The van der Waals surface area contributed by atoms with E-state index in [9.17, 15) is 5.11 Å². The first-order chi connectivity index (χ1) is 12.7. The molecule has 6 nitrogen and oxygen atoms in total. The smallest absolute Gasteiger partial charge is 0.224 e. The molecule has 2 N–H and O–H groups in total. The summed E-state index contributed by atoms with van der Waals surface area (Å²) in [5, 5.41) is 13.2. The molecule has 138 valence electrons. The summed E-state index contributed by atoms with van der Waals surface area (Å²) in [6, 6.07) is 11.0. The van der Waals surface area contributed by atoms with Crippen LogP contribution in [0.3, 0.4) is 0 Å². The van der Waals surface area contributed by atoms with Gasteiger partial charge in [0.1, 0.15) is 5.82 Å². The Morgan fingerprint density at radius 3 is 2.62 bits per heavy atom. The van der Waals surface area contributed by atoms with Gasteiger partial charge in [0, 0.05) is 44.1 Å². The summed E-state index contributed by atoms with van der Waals surface area (Å²) in [6.45, 7) is 5.73. The van der Waals surface area contributed by atoms with Crippen molar-refractivity contribution in [2.75, 3.05) is 41.3 Å². The fourth-order valence-corrected chi connectivity index (χ4v) is 3.83. The number of aryl methyl sites for hydroxylation is 1. The maximum absolute atomic E-state index is 9.72. The zero-order valence-corrected chi connectivity index (χ0v) is 15.3. The Morgan fingerprint density at radius 1 is 1.08 bits per heavy atom. The standard InChI is InChI=1S/C20H27N5O/c1-15-3-2-4-17(13-15)24-10-6-16(7-11-24)22-20-21-9-5-19(23-20)25-12-8-18(26)14-25/h2-5,9,13,16,18,26H,6-8,10-12,14H2,1H3,(H,21,22,23). The number of aliphatic hydroxyl groups excluding tert-OH is 1. The third-order valence-electron chi connectivity index (χ3n) is 5.32. The molecular formula is C20H27N5O. The maximum atomic E-state index is 9.72. The molecule has 0 saturated carbocycles. The van der Waals surface area contributed by atoms with Crippen LogP contribution in [-0.4, -0.2) is 53.4 Å². The van der Waals surface area contributed by atoms with E-state index in [1.54, 1.807) is 6.20 Å². The molecule has 2 aliphatic rings. The second kappa shape index (κ2) is 7.50. The molecule has 0 amide bonds. The highest BCUT2D eigenvalue weighted by Gasteiger charge is 2.23. The van der Waals surface area contributed by atoms with Gasteiger partial charge in [-0.15, -0.1) is 0 Å². The van der Waals surface area contributed by atoms with E-state index in [1.165, 1.54) is 11.3 Å². The summed E-state index contributed by atoms with van der Waals surface area (Å²) in [7, 11) is 0. The van der Waals surface area contributed by atoms with Crippen LogP contribution in [0.1, 0.15) is 24.8 Å². The number of aromatic nitrogens is 2. The molecule has 0 aliphatic carbocycles. The third kappa shape index (κ3) is 3.90. The van der Waals surface area contributed by atoms with Crippen molar-refractivity contribution in [3.05, 3.63) is 42.1 Å². The lowest BCUT2D eigenvalue weighted by Gasteiger charge is -2.34. The van der Waals surface area contributed by atoms with Crippen LogP contribution in [0, 0.1) is 6.92 Å². The number of nitrogens with one attached hydrogen (secondary N) is 1. The Bertz CT molecular complexity index is 744. The molecule has 0 bridgehead atoms. The first-order valence-electron chi connectivity index (χ1n) is 9.51. The van der Waals surface area contributed by atoms with Crippen molar-refractivity contribution in [3.63, 3.8) is 0 Å². The van der Waals surface area contributed by atoms with Gasteiger partial charge in [-0.3, -0.25) is 0 Å². The highest BCUT2D eigenvalue weighted by molar-refractivity contribution is 5.49. The van der Waals surface area contributed by atoms with Crippen molar-refractivity contribution in [2.24, 2.45) is 0 Å². The molecule has 0 spiro atoms. The van der Waals surface area contributed by atoms with E-state index in [0.29, 0.717) is 18.5 Å². The summed E-state index contributed by atoms with van der Waals surface area (Å²) in [5.74, 6) is 1.59. The van der Waals surface area contributed by atoms with Gasteiger partial charge in [-0.2, -0.15) is 4.98 Å². The Balaban J connectivity index is 1.34. The van der Waals surface area contributed by atoms with Crippen LogP contribution in [0.15, 0.2) is 36.5 Å². The van der Waals surface area contributed by atoms with Crippen LogP contribution in [-0.2, 0) is 0 Å². The average Bonchev–Trinajstić information content (AvgIpc) is 3.09. The van der Waals surface area contributed by atoms with Crippen molar-refractivity contribution in [3.8, 4) is 0 Å². The quantitative estimate of drug-likeness (QED) is 0.880. The first kappa shape index (κ1) is 17.1. The number of anilines is 3. The van der Waals surface area contributed by atoms with Gasteiger partial charge < -0.3 is 20.2 Å². The zero-order chi connectivity index (χ0) is 17.9. The molecule has 4 rings (SSSR count). The van der Waals surface area contributed by atoms with Crippen LogP contribution >= 0.6 is 0 Å². The fraction of sp³-hybridized carbons (Fsp3) is 0.500. The molecule has 0 radical (unpaired) electrons. The Labute approximate surface area is 154 Å². The molecule has 2 aliphatic heterocycles. The fourth-order valence-electron chi connectivity index (χ4n) is 3.83. The van der Waals surface area contributed by atoms with Crippen molar-refractivity contribution >= 4 is 17.5 Å². The van der Waals surface area contributed by atoms with Crippen LogP contribution in [0.4, 0.5) is 17.5 Å². The van der Waals surface area contributed by atoms with Crippen LogP contribution in [0.25, 0.3) is 0 Å². The largest absolute Gasteiger partial charge is 0.391 e. The number of hydrogen-bond donors (Lipinski definition) is 2. The average molecular weight is 353 g/mol. The van der Waals surface area contributed by atoms with E-state index in [0.717, 1.165) is 44.7 Å². The van der Waals surface area contributed by atoms with E-state index in [2.05, 4.69) is 56.3 Å². The number of aliphatic hydroxyl groups is 1. The molecule has 1 aromatic heterocycles. The van der Waals surface area contributed by atoms with Gasteiger partial charge in [0.2, 0.25) is 5.95 Å². The van der Waals surface area contributed by atoms with Crippen molar-refractivity contribution in [1.29, 1.82) is 0 Å². The molecular weight excluding hydrogens is 326 g/mol. The van der Waals surface area contributed by atoms with Crippen molar-refractivity contribution in [2.45, 2.75) is 38.3 Å². The highest BCUT2D eigenvalue weighted by Crippen LogP contribution is 2.23. The van der Waals surface area contributed by atoms with Gasteiger partial charge in [-0.05, 0) is 49.9 Å². The van der Waals surface area contributed by atoms with E-state index in [4.69, 9.17) is 0 Å². The summed E-state index contributed by atoms with van der Waals surface area (Å²) in [6.07, 6.45) is 4.52. The van der Waals surface area contributed by atoms with Gasteiger partial charge in [0.25, 0.3) is 0 Å². The van der Waals surface area contributed by atoms with E-state index in [-0.39, 0.29) is 6.10 Å². The minimum absolute atomic E-state index is 0.243. The van der Waals surface area contributed by atoms with Gasteiger partial charge >= 0.3 is 0 Å². The van der Waals surface area contributed by atoms with Crippen LogP contribution in [0.2, 0.25) is 0 Å². The molecule has 6 heteroatoms. The van der Waals surface area contributed by atoms with E-state index < -0.39 is 0 Å². The predicted molar refractivity (Wildman–Crippen MR) is 105 cm³/mol. The molecule has 2 fully saturated rings. The Morgan fingerprint density at radius 2 is 1.88 bits per heavy atom. The number of rotatable bonds is 4.